The molecule has 0 aromatic heterocycles. The Morgan fingerprint density at radius 1 is 1.13 bits per heavy atom. The zero-order valence-corrected chi connectivity index (χ0v) is 16.7. The zero-order valence-electron chi connectivity index (χ0n) is 16.7. The van der Waals surface area contributed by atoms with Crippen LogP contribution in [0.15, 0.2) is 65.4 Å². The summed E-state index contributed by atoms with van der Waals surface area (Å²) >= 11 is 0. The maximum atomic E-state index is 13.2. The first-order valence-electron chi connectivity index (χ1n) is 9.20. The minimum Gasteiger partial charge on any atom is -0.497 e. The number of non-ortho nitro benzene ring substituents is 1. The lowest BCUT2D eigenvalue weighted by atomic mass is 10.0. The number of esters is 1. The number of nitro benzene ring substituents is 1. The number of carbonyl (C=O) groups excluding carboxylic acids is 2. The highest BCUT2D eigenvalue weighted by Gasteiger charge is 2.38. The molecule has 2 aromatic carbocycles. The number of hydrogen-bond donors (Lipinski definition) is 0. The number of benzene rings is 2. The van der Waals surface area contributed by atoms with Crippen LogP contribution < -0.4 is 9.64 Å². The number of anilines is 1. The quantitative estimate of drug-likeness (QED) is 0.311. The normalized spacial score (nSPS) is 15.0. The Labute approximate surface area is 173 Å². The molecule has 1 heterocycles. The minimum atomic E-state index is -0.604. The van der Waals surface area contributed by atoms with Gasteiger partial charge in [-0.3, -0.25) is 19.8 Å². The van der Waals surface area contributed by atoms with E-state index in [-0.39, 0.29) is 29.3 Å². The van der Waals surface area contributed by atoms with Gasteiger partial charge < -0.3 is 9.47 Å². The van der Waals surface area contributed by atoms with Gasteiger partial charge in [-0.25, -0.2) is 4.79 Å². The Morgan fingerprint density at radius 2 is 1.77 bits per heavy atom. The van der Waals surface area contributed by atoms with Gasteiger partial charge in [0.1, 0.15) is 5.75 Å². The molecule has 1 aliphatic rings. The van der Waals surface area contributed by atoms with Crippen LogP contribution >= 0.6 is 0 Å². The third kappa shape index (κ3) is 3.93. The summed E-state index contributed by atoms with van der Waals surface area (Å²) in [7, 11) is 1.55. The topological polar surface area (TPSA) is 99.0 Å². The van der Waals surface area contributed by atoms with Gasteiger partial charge >= 0.3 is 5.97 Å². The second-order valence-electron chi connectivity index (χ2n) is 6.43. The van der Waals surface area contributed by atoms with Crippen molar-refractivity contribution in [3.63, 3.8) is 0 Å². The first-order valence-corrected chi connectivity index (χ1v) is 9.20. The molecule has 3 rings (SSSR count). The van der Waals surface area contributed by atoms with Crippen molar-refractivity contribution in [3.8, 4) is 5.75 Å². The maximum Gasteiger partial charge on any atom is 0.340 e. The summed E-state index contributed by atoms with van der Waals surface area (Å²) in [6, 6.07) is 12.6. The molecule has 2 aromatic rings. The number of nitro groups is 1. The van der Waals surface area contributed by atoms with Gasteiger partial charge in [-0.2, -0.15) is 0 Å². The van der Waals surface area contributed by atoms with E-state index in [0.717, 1.165) is 0 Å². The number of carbonyl (C=O) groups is 2. The number of hydrogen-bond acceptors (Lipinski definition) is 6. The maximum absolute atomic E-state index is 13.2. The standard InChI is InChI=1S/C22H20N2O6/c1-4-30-22(26)20-14(2)23(16-9-11-18(29-3)12-10-16)21(25)19(20)13-15-5-7-17(8-6-15)24(27)28/h5-13H,4H2,1-3H3. The third-order valence-corrected chi connectivity index (χ3v) is 4.63. The minimum absolute atomic E-state index is 0.0629. The molecule has 0 N–H and O–H groups in total. The van der Waals surface area contributed by atoms with Crippen molar-refractivity contribution < 1.29 is 24.0 Å². The lowest BCUT2D eigenvalue weighted by molar-refractivity contribution is -0.384. The van der Waals surface area contributed by atoms with Gasteiger partial charge in [0.25, 0.3) is 11.6 Å². The Bertz CT molecular complexity index is 1050. The van der Waals surface area contributed by atoms with Crippen LogP contribution in [-0.4, -0.2) is 30.5 Å². The summed E-state index contributed by atoms with van der Waals surface area (Å²) in [5, 5.41) is 10.9. The van der Waals surface area contributed by atoms with E-state index in [1.165, 1.54) is 35.2 Å². The number of nitrogens with zero attached hydrogens (tertiary/aromatic N) is 2. The molecule has 154 valence electrons. The molecule has 0 spiro atoms. The van der Waals surface area contributed by atoms with Gasteiger partial charge in [0.15, 0.2) is 0 Å². The second kappa shape index (κ2) is 8.60. The summed E-state index contributed by atoms with van der Waals surface area (Å²) in [5.41, 5.74) is 1.83. The van der Waals surface area contributed by atoms with Crippen LogP contribution in [0.5, 0.6) is 5.75 Å². The molecule has 1 amide bonds. The molecule has 8 heteroatoms. The van der Waals surface area contributed by atoms with E-state index in [0.29, 0.717) is 22.7 Å². The third-order valence-electron chi connectivity index (χ3n) is 4.63. The number of amides is 1. The van der Waals surface area contributed by atoms with Crippen LogP contribution in [0.3, 0.4) is 0 Å². The Hall–Kier alpha value is -3.94. The van der Waals surface area contributed by atoms with E-state index in [4.69, 9.17) is 9.47 Å². The van der Waals surface area contributed by atoms with E-state index in [1.807, 2.05) is 0 Å². The summed E-state index contributed by atoms with van der Waals surface area (Å²) in [4.78, 5) is 37.6. The Balaban J connectivity index is 2.07. The molecule has 30 heavy (non-hydrogen) atoms. The molecule has 0 atom stereocenters. The lowest BCUT2D eigenvalue weighted by Crippen LogP contribution is -2.24. The zero-order chi connectivity index (χ0) is 21.8. The number of allylic oxidation sites excluding steroid dienone is 1. The highest BCUT2D eigenvalue weighted by Crippen LogP contribution is 2.36. The summed E-state index contributed by atoms with van der Waals surface area (Å²) in [6.07, 6.45) is 1.53. The van der Waals surface area contributed by atoms with E-state index in [9.17, 15) is 19.7 Å². The number of rotatable bonds is 6. The fourth-order valence-electron chi connectivity index (χ4n) is 3.18. The van der Waals surface area contributed by atoms with Gasteiger partial charge in [-0.05, 0) is 61.9 Å². The van der Waals surface area contributed by atoms with Gasteiger partial charge in [0, 0.05) is 23.5 Å². The van der Waals surface area contributed by atoms with Crippen molar-refractivity contribution in [1.29, 1.82) is 0 Å². The van der Waals surface area contributed by atoms with Crippen LogP contribution in [0.2, 0.25) is 0 Å². The average Bonchev–Trinajstić information content (AvgIpc) is 2.98. The molecule has 0 aliphatic carbocycles. The fourth-order valence-corrected chi connectivity index (χ4v) is 3.18. The van der Waals surface area contributed by atoms with Crippen LogP contribution in [-0.2, 0) is 14.3 Å². The molecule has 8 nitrogen and oxygen atoms in total. The number of methoxy groups -OCH3 is 1. The average molecular weight is 408 g/mol. The molecule has 0 saturated heterocycles. The molecule has 0 saturated carbocycles. The highest BCUT2D eigenvalue weighted by atomic mass is 16.6. The van der Waals surface area contributed by atoms with E-state index >= 15 is 0 Å². The van der Waals surface area contributed by atoms with E-state index in [1.54, 1.807) is 45.2 Å². The fraction of sp³-hybridized carbons (Fsp3) is 0.182. The predicted molar refractivity (Wildman–Crippen MR) is 111 cm³/mol. The number of ether oxygens (including phenoxy) is 2. The smallest absolute Gasteiger partial charge is 0.340 e. The summed E-state index contributed by atoms with van der Waals surface area (Å²) < 4.78 is 10.3. The first kappa shape index (κ1) is 20.8. The Morgan fingerprint density at radius 3 is 2.30 bits per heavy atom. The molecular formula is C22H20N2O6. The van der Waals surface area contributed by atoms with Gasteiger partial charge in [-0.15, -0.1) is 0 Å². The molecule has 1 aliphatic heterocycles. The monoisotopic (exact) mass is 408 g/mol. The molecule has 0 fully saturated rings. The summed E-state index contributed by atoms with van der Waals surface area (Å²) in [5.74, 6) is -0.356. The van der Waals surface area contributed by atoms with Crippen molar-refractivity contribution >= 4 is 29.3 Å². The molecule has 0 radical (unpaired) electrons. The van der Waals surface area contributed by atoms with Crippen LogP contribution in [0.1, 0.15) is 19.4 Å². The van der Waals surface area contributed by atoms with Gasteiger partial charge in [0.05, 0.1) is 29.8 Å². The van der Waals surface area contributed by atoms with Crippen molar-refractivity contribution in [1.82, 2.24) is 0 Å². The molecule has 0 unspecified atom stereocenters. The second-order valence-corrected chi connectivity index (χ2v) is 6.43. The van der Waals surface area contributed by atoms with Crippen molar-refractivity contribution in [3.05, 3.63) is 81.1 Å². The van der Waals surface area contributed by atoms with Gasteiger partial charge in [0.2, 0.25) is 0 Å². The predicted octanol–water partition coefficient (Wildman–Crippen LogP) is 3.87. The summed E-state index contributed by atoms with van der Waals surface area (Å²) in [6.45, 7) is 3.52. The largest absolute Gasteiger partial charge is 0.497 e. The molecule has 0 bridgehead atoms. The van der Waals surface area contributed by atoms with Gasteiger partial charge in [-0.1, -0.05) is 0 Å². The van der Waals surface area contributed by atoms with Crippen LogP contribution in [0.4, 0.5) is 11.4 Å². The van der Waals surface area contributed by atoms with Crippen LogP contribution in [0.25, 0.3) is 6.08 Å². The molecular weight excluding hydrogens is 388 g/mol. The Kier molecular flexibility index (Phi) is 5.96. The van der Waals surface area contributed by atoms with Crippen molar-refractivity contribution in [2.24, 2.45) is 0 Å². The van der Waals surface area contributed by atoms with Crippen LogP contribution in [0, 0.1) is 10.1 Å². The first-order chi connectivity index (χ1) is 14.4. The SMILES string of the molecule is CCOC(=O)C1=C(C)N(c2ccc(OC)cc2)C(=O)C1=Cc1ccc([N+](=O)[O-])cc1. The highest BCUT2D eigenvalue weighted by molar-refractivity contribution is 6.23. The lowest BCUT2D eigenvalue weighted by Gasteiger charge is -2.18. The van der Waals surface area contributed by atoms with E-state index in [2.05, 4.69) is 0 Å². The van der Waals surface area contributed by atoms with E-state index < -0.39 is 10.9 Å². The van der Waals surface area contributed by atoms with Crippen molar-refractivity contribution in [2.75, 3.05) is 18.6 Å². The van der Waals surface area contributed by atoms with Crippen molar-refractivity contribution in [2.45, 2.75) is 13.8 Å².